The summed E-state index contributed by atoms with van der Waals surface area (Å²) in [7, 11) is 0. The molecule has 6 heteroatoms. The highest BCUT2D eigenvalue weighted by atomic mass is 35.5. The average Bonchev–Trinajstić information content (AvgIpc) is 3.28. The first-order valence-electron chi connectivity index (χ1n) is 15.3. The smallest absolute Gasteiger partial charge is 0.352 e. The van der Waals surface area contributed by atoms with Gasteiger partial charge >= 0.3 is 5.97 Å². The van der Waals surface area contributed by atoms with Gasteiger partial charge in [-0.15, -0.1) is 0 Å². The van der Waals surface area contributed by atoms with Crippen LogP contribution in [0.4, 0.5) is 4.39 Å². The molecule has 0 radical (unpaired) electrons. The van der Waals surface area contributed by atoms with Gasteiger partial charge in [-0.05, 0) is 91.8 Å². The zero-order valence-corrected chi connectivity index (χ0v) is 26.3. The fraction of sp³-hybridized carbons (Fsp3) is 0.417. The molecular weight excluding hydrogens is 549 g/mol. The summed E-state index contributed by atoms with van der Waals surface area (Å²) in [6.07, 6.45) is 5.93. The number of aromatic carboxylic acids is 1. The van der Waals surface area contributed by atoms with Crippen LogP contribution in [0.1, 0.15) is 94.8 Å². The van der Waals surface area contributed by atoms with E-state index in [9.17, 15) is 14.3 Å². The molecule has 0 saturated heterocycles. The second-order valence-corrected chi connectivity index (χ2v) is 11.7. The fourth-order valence-corrected chi connectivity index (χ4v) is 6.32. The lowest BCUT2D eigenvalue weighted by atomic mass is 9.93. The summed E-state index contributed by atoms with van der Waals surface area (Å²) < 4.78 is 21.9. The third-order valence-electron chi connectivity index (χ3n) is 8.45. The van der Waals surface area contributed by atoms with E-state index in [0.29, 0.717) is 48.4 Å². The van der Waals surface area contributed by atoms with E-state index in [1.54, 1.807) is 6.07 Å². The van der Waals surface area contributed by atoms with Gasteiger partial charge in [-0.3, -0.25) is 0 Å². The number of ether oxygens (including phenoxy) is 1. The van der Waals surface area contributed by atoms with Crippen LogP contribution in [0.15, 0.2) is 54.1 Å². The molecule has 4 nitrogen and oxygen atoms in total. The SMILES string of the molecule is CCC/C(C)=C(\CC)c1c(Cl)ccc2c(CCCOc3cccc4cc(F)ccc34)c(C(=O)O)n(CCC(C)CC)c12. The van der Waals surface area contributed by atoms with Crippen molar-refractivity contribution in [3.63, 3.8) is 0 Å². The normalized spacial score (nSPS) is 13.0. The van der Waals surface area contributed by atoms with Gasteiger partial charge in [0.15, 0.2) is 0 Å². The first-order valence-corrected chi connectivity index (χ1v) is 15.7. The lowest BCUT2D eigenvalue weighted by Gasteiger charge is -2.18. The van der Waals surface area contributed by atoms with Crippen LogP contribution in [-0.4, -0.2) is 22.2 Å². The van der Waals surface area contributed by atoms with Gasteiger partial charge in [-0.1, -0.05) is 75.9 Å². The Morgan fingerprint density at radius 3 is 2.55 bits per heavy atom. The van der Waals surface area contributed by atoms with Crippen molar-refractivity contribution in [2.45, 2.75) is 86.1 Å². The zero-order chi connectivity index (χ0) is 30.4. The van der Waals surface area contributed by atoms with E-state index >= 15 is 0 Å². The average molecular weight is 592 g/mol. The summed E-state index contributed by atoms with van der Waals surface area (Å²) in [5.41, 5.74) is 5.58. The first kappa shape index (κ1) is 31.6. The van der Waals surface area contributed by atoms with Crippen molar-refractivity contribution < 1.29 is 19.0 Å². The molecule has 1 atom stereocenters. The number of rotatable bonds is 14. The predicted molar refractivity (Wildman–Crippen MR) is 173 cm³/mol. The second kappa shape index (κ2) is 14.2. The van der Waals surface area contributed by atoms with Crippen LogP contribution in [-0.2, 0) is 13.0 Å². The molecule has 0 bridgehead atoms. The van der Waals surface area contributed by atoms with E-state index in [2.05, 4.69) is 34.6 Å². The van der Waals surface area contributed by atoms with Crippen LogP contribution in [0.25, 0.3) is 27.2 Å². The molecular formula is C36H43ClFNO3. The number of carboxylic acids is 1. The number of allylic oxidation sites excluding steroid dienone is 2. The minimum absolute atomic E-state index is 0.281. The number of fused-ring (bicyclic) bond motifs is 2. The number of nitrogens with zero attached hydrogens (tertiary/aromatic N) is 1. The molecule has 1 N–H and O–H groups in total. The lowest BCUT2D eigenvalue weighted by molar-refractivity contribution is 0.0683. The number of benzene rings is 3. The minimum atomic E-state index is -0.920. The van der Waals surface area contributed by atoms with E-state index in [4.69, 9.17) is 16.3 Å². The van der Waals surface area contributed by atoms with Crippen molar-refractivity contribution in [3.8, 4) is 5.75 Å². The third-order valence-corrected chi connectivity index (χ3v) is 8.76. The van der Waals surface area contributed by atoms with Crippen LogP contribution < -0.4 is 4.74 Å². The number of carboxylic acid groups (broad SMARTS) is 1. The highest BCUT2D eigenvalue weighted by Crippen LogP contribution is 2.40. The van der Waals surface area contributed by atoms with Gasteiger partial charge in [0, 0.05) is 22.9 Å². The van der Waals surface area contributed by atoms with Crippen LogP contribution in [0.3, 0.4) is 0 Å². The highest BCUT2D eigenvalue weighted by Gasteiger charge is 2.26. The number of hydrogen-bond acceptors (Lipinski definition) is 2. The molecule has 1 heterocycles. The van der Waals surface area contributed by atoms with Crippen LogP contribution in [0, 0.1) is 11.7 Å². The van der Waals surface area contributed by atoms with Gasteiger partial charge in [-0.25, -0.2) is 9.18 Å². The Hall–Kier alpha value is -3.31. The molecule has 0 fully saturated rings. The van der Waals surface area contributed by atoms with Gasteiger partial charge < -0.3 is 14.4 Å². The maximum Gasteiger partial charge on any atom is 0.352 e. The lowest BCUT2D eigenvalue weighted by Crippen LogP contribution is -2.13. The van der Waals surface area contributed by atoms with Crippen LogP contribution >= 0.6 is 11.6 Å². The topological polar surface area (TPSA) is 51.5 Å². The Kier molecular flexibility index (Phi) is 10.7. The van der Waals surface area contributed by atoms with E-state index in [-0.39, 0.29) is 5.82 Å². The third kappa shape index (κ3) is 6.67. The van der Waals surface area contributed by atoms with Gasteiger partial charge in [0.2, 0.25) is 0 Å². The molecule has 224 valence electrons. The van der Waals surface area contributed by atoms with Gasteiger partial charge in [0.1, 0.15) is 17.3 Å². The highest BCUT2D eigenvalue weighted by molar-refractivity contribution is 6.33. The molecule has 1 aromatic heterocycles. The maximum atomic E-state index is 13.7. The summed E-state index contributed by atoms with van der Waals surface area (Å²) in [5, 5.41) is 13.8. The van der Waals surface area contributed by atoms with E-state index in [1.165, 1.54) is 23.3 Å². The summed E-state index contributed by atoms with van der Waals surface area (Å²) in [4.78, 5) is 12.9. The Morgan fingerprint density at radius 2 is 1.86 bits per heavy atom. The van der Waals surface area contributed by atoms with E-state index < -0.39 is 5.97 Å². The fourth-order valence-electron chi connectivity index (χ4n) is 6.05. The van der Waals surface area contributed by atoms with Crippen molar-refractivity contribution in [3.05, 3.63) is 81.8 Å². The molecule has 0 aliphatic rings. The Balaban J connectivity index is 1.76. The maximum absolute atomic E-state index is 13.7. The largest absolute Gasteiger partial charge is 0.493 e. The Bertz CT molecular complexity index is 1600. The van der Waals surface area contributed by atoms with Crippen molar-refractivity contribution in [2.75, 3.05) is 6.61 Å². The molecule has 4 aromatic rings. The van der Waals surface area contributed by atoms with Gasteiger partial charge in [0.25, 0.3) is 0 Å². The Labute approximate surface area is 254 Å². The summed E-state index contributed by atoms with van der Waals surface area (Å²) >= 11 is 6.94. The number of aryl methyl sites for hydroxylation is 2. The molecule has 0 spiro atoms. The van der Waals surface area contributed by atoms with Crippen molar-refractivity contribution in [2.24, 2.45) is 5.92 Å². The van der Waals surface area contributed by atoms with Crippen LogP contribution in [0.2, 0.25) is 5.02 Å². The molecule has 3 aromatic carbocycles. The summed E-state index contributed by atoms with van der Waals surface area (Å²) in [6.45, 7) is 11.9. The van der Waals surface area contributed by atoms with Gasteiger partial charge in [-0.2, -0.15) is 0 Å². The minimum Gasteiger partial charge on any atom is -0.493 e. The number of halogens is 2. The predicted octanol–water partition coefficient (Wildman–Crippen LogP) is 10.7. The van der Waals surface area contributed by atoms with E-state index in [0.717, 1.165) is 64.9 Å². The molecule has 0 aliphatic heterocycles. The number of carbonyl (C=O) groups is 1. The quantitative estimate of drug-likeness (QED) is 0.148. The molecule has 0 aliphatic carbocycles. The zero-order valence-electron chi connectivity index (χ0n) is 25.5. The van der Waals surface area contributed by atoms with Crippen molar-refractivity contribution in [1.29, 1.82) is 0 Å². The molecule has 0 amide bonds. The number of hydrogen-bond donors (Lipinski definition) is 1. The summed E-state index contributed by atoms with van der Waals surface area (Å²) in [6, 6.07) is 14.2. The van der Waals surface area contributed by atoms with E-state index in [1.807, 2.05) is 34.9 Å². The molecule has 42 heavy (non-hydrogen) atoms. The summed E-state index contributed by atoms with van der Waals surface area (Å²) in [5.74, 6) is -0.0337. The molecule has 1 unspecified atom stereocenters. The monoisotopic (exact) mass is 591 g/mol. The standard InChI is InChI=1S/C36H43ClFNO3/c1-6-11-24(5)27(8-3)33-31(37)18-17-30-29(35(36(40)41)39(34(30)33)20-19-23(4)7-2)13-10-21-42-32-14-9-12-25-22-26(38)15-16-28(25)32/h9,12,14-18,22-23H,6-8,10-11,13,19-21H2,1-5H3,(H,40,41)/b27-24+. The van der Waals surface area contributed by atoms with Crippen molar-refractivity contribution >= 4 is 44.8 Å². The number of aromatic nitrogens is 1. The van der Waals surface area contributed by atoms with Crippen molar-refractivity contribution in [1.82, 2.24) is 4.57 Å². The van der Waals surface area contributed by atoms with Gasteiger partial charge in [0.05, 0.1) is 17.1 Å². The Morgan fingerprint density at radius 1 is 1.10 bits per heavy atom. The van der Waals surface area contributed by atoms with Crippen LogP contribution in [0.5, 0.6) is 5.75 Å². The molecule has 0 saturated carbocycles. The second-order valence-electron chi connectivity index (χ2n) is 11.3. The molecule has 4 rings (SSSR count). The first-order chi connectivity index (χ1) is 20.2.